The second-order valence-corrected chi connectivity index (χ2v) is 9.07. The first-order valence-electron chi connectivity index (χ1n) is 7.67. The summed E-state index contributed by atoms with van der Waals surface area (Å²) >= 11 is 0. The van der Waals surface area contributed by atoms with Crippen LogP contribution in [0.5, 0.6) is 0 Å². The molecule has 4 nitrogen and oxygen atoms in total. The van der Waals surface area contributed by atoms with Gasteiger partial charge < -0.3 is 5.32 Å². The fourth-order valence-electron chi connectivity index (χ4n) is 3.04. The second kappa shape index (κ2) is 6.16. The largest absolute Gasteiger partial charge is 0.317 e. The molecular weight excluding hydrogens is 272 g/mol. The van der Waals surface area contributed by atoms with Gasteiger partial charge in [0.15, 0.2) is 0 Å². The predicted molar refractivity (Wildman–Crippen MR) is 83.1 cm³/mol. The number of nitrogens with zero attached hydrogens (tertiary/aromatic N) is 1. The molecule has 0 spiro atoms. The van der Waals surface area contributed by atoms with Crippen molar-refractivity contribution in [1.29, 1.82) is 0 Å². The lowest BCUT2D eigenvalue weighted by Gasteiger charge is -2.33. The summed E-state index contributed by atoms with van der Waals surface area (Å²) in [4.78, 5) is 0. The molecule has 2 aliphatic rings. The monoisotopic (exact) mass is 300 g/mol. The average molecular weight is 300 g/mol. The molecule has 2 rings (SSSR count). The number of piperidine rings is 1. The molecule has 0 amide bonds. The van der Waals surface area contributed by atoms with Crippen LogP contribution in [0.2, 0.25) is 0 Å². The molecule has 0 aromatic heterocycles. The van der Waals surface area contributed by atoms with Crippen LogP contribution in [-0.2, 0) is 10.0 Å². The normalized spacial score (nSPS) is 23.6. The van der Waals surface area contributed by atoms with Crippen LogP contribution in [0.15, 0.2) is 11.6 Å². The van der Waals surface area contributed by atoms with E-state index in [1.165, 1.54) is 5.57 Å². The minimum absolute atomic E-state index is 0.158. The zero-order chi connectivity index (χ0) is 14.8. The van der Waals surface area contributed by atoms with Gasteiger partial charge in [-0.3, -0.25) is 0 Å². The third kappa shape index (κ3) is 4.06. The van der Waals surface area contributed by atoms with E-state index in [0.717, 1.165) is 32.4 Å². The summed E-state index contributed by atoms with van der Waals surface area (Å²) in [5.41, 5.74) is 1.54. The molecule has 0 atom stereocenters. The van der Waals surface area contributed by atoms with Crippen molar-refractivity contribution in [2.45, 2.75) is 40.0 Å². The van der Waals surface area contributed by atoms with E-state index < -0.39 is 10.0 Å². The first-order valence-corrected chi connectivity index (χ1v) is 9.28. The Kier molecular flexibility index (Phi) is 4.92. The van der Waals surface area contributed by atoms with Crippen molar-refractivity contribution in [3.8, 4) is 0 Å². The van der Waals surface area contributed by atoms with Crippen LogP contribution in [-0.4, -0.2) is 44.7 Å². The molecule has 0 aromatic carbocycles. The highest BCUT2D eigenvalue weighted by atomic mass is 32.2. The van der Waals surface area contributed by atoms with Gasteiger partial charge in [0.1, 0.15) is 0 Å². The molecule has 1 N–H and O–H groups in total. The standard InChI is InChI=1S/C15H28N2O2S/c1-15(2,3)14-6-10-17(11-7-14)20(18,19)12-13-4-8-16-9-5-13/h6,13,16H,4-5,7-12H2,1-3H3. The maximum atomic E-state index is 12.5. The molecule has 0 unspecified atom stereocenters. The molecule has 0 bridgehead atoms. The Balaban J connectivity index is 1.96. The summed E-state index contributed by atoms with van der Waals surface area (Å²) in [5.74, 6) is 0.655. The Bertz CT molecular complexity index is 457. The summed E-state index contributed by atoms with van der Waals surface area (Å²) in [6, 6.07) is 0. The summed E-state index contributed by atoms with van der Waals surface area (Å²) < 4.78 is 26.6. The van der Waals surface area contributed by atoms with E-state index in [1.54, 1.807) is 4.31 Å². The van der Waals surface area contributed by atoms with E-state index in [0.29, 0.717) is 24.8 Å². The highest BCUT2D eigenvalue weighted by Crippen LogP contribution is 2.31. The van der Waals surface area contributed by atoms with Crippen LogP contribution in [0.4, 0.5) is 0 Å². The molecule has 2 heterocycles. The molecule has 116 valence electrons. The quantitative estimate of drug-likeness (QED) is 0.811. The summed E-state index contributed by atoms with van der Waals surface area (Å²) in [5, 5.41) is 3.28. The van der Waals surface area contributed by atoms with Crippen molar-refractivity contribution in [2.24, 2.45) is 11.3 Å². The first-order chi connectivity index (χ1) is 9.29. The van der Waals surface area contributed by atoms with E-state index in [2.05, 4.69) is 32.2 Å². The van der Waals surface area contributed by atoms with E-state index >= 15 is 0 Å². The van der Waals surface area contributed by atoms with Gasteiger partial charge in [-0.1, -0.05) is 32.4 Å². The Morgan fingerprint density at radius 1 is 1.30 bits per heavy atom. The molecule has 2 aliphatic heterocycles. The summed E-state index contributed by atoms with van der Waals surface area (Å²) in [6.45, 7) is 9.69. The van der Waals surface area contributed by atoms with Gasteiger partial charge in [-0.25, -0.2) is 8.42 Å². The van der Waals surface area contributed by atoms with E-state index in [4.69, 9.17) is 0 Å². The first kappa shape index (κ1) is 16.0. The maximum absolute atomic E-state index is 12.5. The van der Waals surface area contributed by atoms with Gasteiger partial charge >= 0.3 is 0 Å². The lowest BCUT2D eigenvalue weighted by Crippen LogP contribution is -2.41. The van der Waals surface area contributed by atoms with E-state index in [-0.39, 0.29) is 5.41 Å². The molecule has 0 aliphatic carbocycles. The van der Waals surface area contributed by atoms with E-state index in [9.17, 15) is 8.42 Å². The topological polar surface area (TPSA) is 49.4 Å². The molecule has 1 saturated heterocycles. The second-order valence-electron chi connectivity index (χ2n) is 7.06. The number of rotatable bonds is 3. The number of hydrogen-bond acceptors (Lipinski definition) is 3. The zero-order valence-corrected chi connectivity index (χ0v) is 13.8. The summed E-state index contributed by atoms with van der Waals surface area (Å²) in [7, 11) is -3.09. The average Bonchev–Trinajstić information content (AvgIpc) is 2.38. The van der Waals surface area contributed by atoms with Crippen molar-refractivity contribution in [1.82, 2.24) is 9.62 Å². The van der Waals surface area contributed by atoms with Gasteiger partial charge in [0.05, 0.1) is 5.75 Å². The van der Waals surface area contributed by atoms with Crippen LogP contribution in [0.1, 0.15) is 40.0 Å². The van der Waals surface area contributed by atoms with Gasteiger partial charge in [-0.15, -0.1) is 0 Å². The maximum Gasteiger partial charge on any atom is 0.214 e. The van der Waals surface area contributed by atoms with Gasteiger partial charge in [0, 0.05) is 13.1 Å². The van der Waals surface area contributed by atoms with Gasteiger partial charge in [0.2, 0.25) is 10.0 Å². The Labute approximate surface area is 123 Å². The van der Waals surface area contributed by atoms with Gasteiger partial charge in [-0.2, -0.15) is 4.31 Å². The zero-order valence-electron chi connectivity index (χ0n) is 13.0. The SMILES string of the molecule is CC(C)(C)C1=CCN(S(=O)(=O)CC2CCNCC2)CC1. The van der Waals surface area contributed by atoms with Gasteiger partial charge in [-0.05, 0) is 43.7 Å². The van der Waals surface area contributed by atoms with Crippen molar-refractivity contribution >= 4 is 10.0 Å². The Morgan fingerprint density at radius 2 is 1.95 bits per heavy atom. The molecule has 1 fully saturated rings. The van der Waals surface area contributed by atoms with Crippen LogP contribution >= 0.6 is 0 Å². The number of nitrogens with one attached hydrogen (secondary N) is 1. The lowest BCUT2D eigenvalue weighted by atomic mass is 9.83. The number of sulfonamides is 1. The molecule has 0 radical (unpaired) electrons. The highest BCUT2D eigenvalue weighted by Gasteiger charge is 2.30. The fourth-order valence-corrected chi connectivity index (χ4v) is 4.85. The fraction of sp³-hybridized carbons (Fsp3) is 0.867. The lowest BCUT2D eigenvalue weighted by molar-refractivity contribution is 0.369. The molecule has 0 aromatic rings. The molecule has 20 heavy (non-hydrogen) atoms. The van der Waals surface area contributed by atoms with E-state index in [1.807, 2.05) is 0 Å². The smallest absolute Gasteiger partial charge is 0.214 e. The minimum atomic E-state index is -3.09. The third-order valence-electron chi connectivity index (χ3n) is 4.43. The molecule has 5 heteroatoms. The summed E-state index contributed by atoms with van der Waals surface area (Å²) in [6.07, 6.45) is 4.95. The van der Waals surface area contributed by atoms with Crippen molar-refractivity contribution < 1.29 is 8.42 Å². The highest BCUT2D eigenvalue weighted by molar-refractivity contribution is 7.89. The van der Waals surface area contributed by atoms with Crippen LogP contribution in [0.3, 0.4) is 0 Å². The Morgan fingerprint density at radius 3 is 2.45 bits per heavy atom. The predicted octanol–water partition coefficient (Wildman–Crippen LogP) is 1.99. The van der Waals surface area contributed by atoms with Crippen LogP contribution < -0.4 is 5.32 Å². The van der Waals surface area contributed by atoms with Crippen molar-refractivity contribution in [2.75, 3.05) is 31.9 Å². The molecular formula is C15H28N2O2S. The van der Waals surface area contributed by atoms with Crippen molar-refractivity contribution in [3.05, 3.63) is 11.6 Å². The number of hydrogen-bond donors (Lipinski definition) is 1. The third-order valence-corrected chi connectivity index (χ3v) is 6.44. The van der Waals surface area contributed by atoms with Crippen molar-refractivity contribution in [3.63, 3.8) is 0 Å². The van der Waals surface area contributed by atoms with Crippen LogP contribution in [0, 0.1) is 11.3 Å². The molecule has 0 saturated carbocycles. The van der Waals surface area contributed by atoms with Crippen LogP contribution in [0.25, 0.3) is 0 Å². The minimum Gasteiger partial charge on any atom is -0.317 e. The van der Waals surface area contributed by atoms with Gasteiger partial charge in [0.25, 0.3) is 0 Å². The Hall–Kier alpha value is -0.390.